The van der Waals surface area contributed by atoms with E-state index in [1.54, 1.807) is 13.0 Å². The van der Waals surface area contributed by atoms with E-state index in [2.05, 4.69) is 15.0 Å². The van der Waals surface area contributed by atoms with Crippen LogP contribution in [0.3, 0.4) is 0 Å². The minimum atomic E-state index is -3.54. The van der Waals surface area contributed by atoms with E-state index in [1.807, 2.05) is 4.90 Å². The van der Waals surface area contributed by atoms with Crippen molar-refractivity contribution < 1.29 is 26.4 Å². The van der Waals surface area contributed by atoms with Crippen molar-refractivity contribution in [1.82, 2.24) is 4.98 Å². The number of nitrogens with zero attached hydrogens (tertiary/aromatic N) is 2. The predicted molar refractivity (Wildman–Crippen MR) is 144 cm³/mol. The summed E-state index contributed by atoms with van der Waals surface area (Å²) in [6, 6.07) is 7.21. The summed E-state index contributed by atoms with van der Waals surface area (Å²) in [6.45, 7) is 2.59. The molecular weight excluding hydrogens is 561 g/mol. The number of piperidine rings is 1. The van der Waals surface area contributed by atoms with Crippen molar-refractivity contribution in [2.45, 2.75) is 32.1 Å². The smallest absolute Gasteiger partial charge is 0.265 e. The average Bonchev–Trinajstić information content (AvgIpc) is 3.12. The Labute approximate surface area is 227 Å². The number of nitrogens with one attached hydrogen (secondary N) is 2. The second-order valence-corrected chi connectivity index (χ2v) is 13.3. The summed E-state index contributed by atoms with van der Waals surface area (Å²) in [5.74, 6) is -3.64. The number of anilines is 3. The summed E-state index contributed by atoms with van der Waals surface area (Å²) < 4.78 is 67.9. The molecule has 1 spiro atoms. The maximum Gasteiger partial charge on any atom is 0.265 e. The van der Waals surface area contributed by atoms with Crippen molar-refractivity contribution >= 4 is 55.9 Å². The number of rotatable bonds is 6. The fourth-order valence-corrected chi connectivity index (χ4v) is 6.57. The maximum atomic E-state index is 15.2. The van der Waals surface area contributed by atoms with Crippen LogP contribution in [0.4, 0.5) is 30.2 Å². The second-order valence-electron chi connectivity index (χ2n) is 9.81. The van der Waals surface area contributed by atoms with Gasteiger partial charge in [0.2, 0.25) is 10.0 Å². The normalized spacial score (nSPS) is 17.9. The van der Waals surface area contributed by atoms with Gasteiger partial charge in [0.1, 0.15) is 5.69 Å². The van der Waals surface area contributed by atoms with Crippen molar-refractivity contribution in [2.24, 2.45) is 5.41 Å². The zero-order valence-corrected chi connectivity index (χ0v) is 22.8. The molecule has 0 radical (unpaired) electrons. The van der Waals surface area contributed by atoms with E-state index < -0.39 is 33.1 Å². The van der Waals surface area contributed by atoms with Gasteiger partial charge in [0.25, 0.3) is 11.8 Å². The third kappa shape index (κ3) is 5.34. The molecule has 1 aliphatic carbocycles. The van der Waals surface area contributed by atoms with Crippen LogP contribution in [0.2, 0.25) is 5.02 Å². The Balaban J connectivity index is 1.31. The lowest BCUT2D eigenvalue weighted by molar-refractivity contribution is 0.0537. The van der Waals surface area contributed by atoms with Crippen LogP contribution in [0.5, 0.6) is 0 Å². The fraction of sp³-hybridized carbons (Fsp3) is 0.360. The quantitative estimate of drug-likeness (QED) is 0.362. The molecule has 1 aromatic carbocycles. The van der Waals surface area contributed by atoms with Gasteiger partial charge in [-0.25, -0.2) is 21.6 Å². The van der Waals surface area contributed by atoms with E-state index in [0.29, 0.717) is 46.9 Å². The Hall–Kier alpha value is -2.83. The van der Waals surface area contributed by atoms with Gasteiger partial charge >= 0.3 is 0 Å². The Morgan fingerprint density at radius 3 is 2.39 bits per heavy atom. The van der Waals surface area contributed by atoms with E-state index in [0.717, 1.165) is 17.6 Å². The number of hydrogen-bond acceptors (Lipinski definition) is 6. The zero-order chi connectivity index (χ0) is 27.5. The summed E-state index contributed by atoms with van der Waals surface area (Å²) in [6.07, 6.45) is 3.19. The molecule has 1 saturated carbocycles. The molecule has 202 valence electrons. The van der Waals surface area contributed by atoms with Gasteiger partial charge in [-0.2, -0.15) is 0 Å². The van der Waals surface area contributed by atoms with E-state index in [1.165, 1.54) is 30.5 Å². The highest BCUT2D eigenvalue weighted by atomic mass is 35.5. The summed E-state index contributed by atoms with van der Waals surface area (Å²) >= 11 is 7.22. The van der Waals surface area contributed by atoms with Crippen LogP contribution in [0, 0.1) is 18.2 Å². The number of carbonyl (C=O) groups is 1. The SMILES string of the molecule is Cc1sc(C(=O)Nc2cc(Cl)cc(NS(C)(=O)=O)c2)cc1-c1ncc(N2CCC3(CC2)CC3(F)F)cc1F. The molecule has 1 aliphatic heterocycles. The molecular formula is C25H24ClF3N4O3S2. The Kier molecular flexibility index (Phi) is 6.64. The summed E-state index contributed by atoms with van der Waals surface area (Å²) in [5.41, 5.74) is 0.671. The predicted octanol–water partition coefficient (Wildman–Crippen LogP) is 6.16. The topological polar surface area (TPSA) is 91.4 Å². The van der Waals surface area contributed by atoms with E-state index in [-0.39, 0.29) is 28.5 Å². The van der Waals surface area contributed by atoms with E-state index >= 15 is 4.39 Å². The lowest BCUT2D eigenvalue weighted by atomic mass is 9.92. The van der Waals surface area contributed by atoms with Crippen LogP contribution < -0.4 is 14.9 Å². The standard InChI is InChI=1S/C25H24ClF3N4O3S2/c1-14-19(11-21(37-14)23(34)31-16-7-15(26)8-17(9-16)32-38(2,35)36)22-20(27)10-18(12-30-22)33-5-3-24(4-6-33)13-25(24,28)29/h7-12,32H,3-6,13H2,1-2H3,(H,31,34). The van der Waals surface area contributed by atoms with Gasteiger partial charge in [-0.3, -0.25) is 14.5 Å². The molecule has 0 bridgehead atoms. The van der Waals surface area contributed by atoms with E-state index in [9.17, 15) is 22.0 Å². The maximum absolute atomic E-state index is 15.2. The molecule has 1 saturated heterocycles. The summed E-state index contributed by atoms with van der Waals surface area (Å²) in [7, 11) is -3.54. The van der Waals surface area contributed by atoms with Crippen molar-refractivity contribution in [1.29, 1.82) is 0 Å². The molecule has 1 amide bonds. The number of amides is 1. The number of aromatic nitrogens is 1. The number of alkyl halides is 2. The molecule has 5 rings (SSSR count). The van der Waals surface area contributed by atoms with E-state index in [4.69, 9.17) is 11.6 Å². The Morgan fingerprint density at radius 1 is 1.13 bits per heavy atom. The summed E-state index contributed by atoms with van der Waals surface area (Å²) in [5, 5.41) is 2.90. The van der Waals surface area contributed by atoms with Crippen molar-refractivity contribution in [3.8, 4) is 11.3 Å². The first-order valence-electron chi connectivity index (χ1n) is 11.7. The van der Waals surface area contributed by atoms with Gasteiger partial charge in [-0.1, -0.05) is 11.6 Å². The number of sulfonamides is 1. The Bertz CT molecular complexity index is 1540. The molecule has 0 unspecified atom stereocenters. The number of aryl methyl sites for hydroxylation is 1. The van der Waals surface area contributed by atoms with Crippen LogP contribution in [0.15, 0.2) is 36.5 Å². The highest BCUT2D eigenvalue weighted by molar-refractivity contribution is 7.92. The van der Waals surface area contributed by atoms with Crippen LogP contribution in [-0.2, 0) is 10.0 Å². The third-order valence-electron chi connectivity index (χ3n) is 6.98. The van der Waals surface area contributed by atoms with Crippen LogP contribution in [0.25, 0.3) is 11.3 Å². The molecule has 13 heteroatoms. The van der Waals surface area contributed by atoms with Crippen LogP contribution in [0.1, 0.15) is 33.8 Å². The molecule has 0 atom stereocenters. The van der Waals surface area contributed by atoms with Crippen molar-refractivity contribution in [3.05, 3.63) is 57.1 Å². The number of hydrogen-bond donors (Lipinski definition) is 2. The van der Waals surface area contributed by atoms with Gasteiger partial charge < -0.3 is 10.2 Å². The molecule has 2 N–H and O–H groups in total. The molecule has 3 aromatic rings. The lowest BCUT2D eigenvalue weighted by Gasteiger charge is -2.33. The zero-order valence-electron chi connectivity index (χ0n) is 20.4. The average molecular weight is 585 g/mol. The highest BCUT2D eigenvalue weighted by Crippen LogP contribution is 2.65. The minimum absolute atomic E-state index is 0.0667. The van der Waals surface area contributed by atoms with Gasteiger partial charge in [-0.15, -0.1) is 11.3 Å². The monoisotopic (exact) mass is 584 g/mol. The van der Waals surface area contributed by atoms with Crippen LogP contribution >= 0.6 is 22.9 Å². The van der Waals surface area contributed by atoms with Gasteiger partial charge in [0.05, 0.1) is 28.7 Å². The first-order chi connectivity index (χ1) is 17.8. The first kappa shape index (κ1) is 26.8. The fourth-order valence-electron chi connectivity index (χ4n) is 4.87. The Morgan fingerprint density at radius 2 is 1.79 bits per heavy atom. The largest absolute Gasteiger partial charge is 0.370 e. The number of benzene rings is 1. The van der Waals surface area contributed by atoms with Crippen molar-refractivity contribution in [2.75, 3.05) is 34.3 Å². The van der Waals surface area contributed by atoms with Gasteiger partial charge in [0, 0.05) is 52.1 Å². The summed E-state index contributed by atoms with van der Waals surface area (Å²) in [4.78, 5) is 20.1. The molecule has 7 nitrogen and oxygen atoms in total. The van der Waals surface area contributed by atoms with Gasteiger partial charge in [0.15, 0.2) is 5.82 Å². The highest BCUT2D eigenvalue weighted by Gasteiger charge is 2.70. The molecule has 2 aliphatic rings. The van der Waals surface area contributed by atoms with Crippen molar-refractivity contribution in [3.63, 3.8) is 0 Å². The lowest BCUT2D eigenvalue weighted by Crippen LogP contribution is -2.36. The molecule has 3 heterocycles. The number of pyridine rings is 1. The number of thiophene rings is 1. The molecule has 2 fully saturated rings. The number of carbonyl (C=O) groups excluding carboxylic acids is 1. The molecule has 2 aromatic heterocycles. The minimum Gasteiger partial charge on any atom is -0.370 e. The van der Waals surface area contributed by atoms with Crippen LogP contribution in [-0.4, -0.2) is 44.6 Å². The number of halogens is 4. The first-order valence-corrected chi connectivity index (χ1v) is 14.8. The third-order valence-corrected chi connectivity index (χ3v) is 8.85. The molecule has 38 heavy (non-hydrogen) atoms. The van der Waals surface area contributed by atoms with Gasteiger partial charge in [-0.05, 0) is 44.0 Å². The second kappa shape index (κ2) is 9.42.